The minimum atomic E-state index is -0.180. The summed E-state index contributed by atoms with van der Waals surface area (Å²) in [5.74, 6) is -0.180. The monoisotopic (exact) mass is 336 g/mol. The summed E-state index contributed by atoms with van der Waals surface area (Å²) in [7, 11) is 0. The maximum Gasteiger partial charge on any atom is 0.275 e. The van der Waals surface area contributed by atoms with Crippen LogP contribution in [0.4, 0.5) is 5.13 Å². The molecule has 2 aromatic heterocycles. The van der Waals surface area contributed by atoms with Crippen molar-refractivity contribution in [3.8, 4) is 0 Å². The first-order valence-corrected chi connectivity index (χ1v) is 8.61. The van der Waals surface area contributed by atoms with Crippen molar-refractivity contribution in [2.75, 3.05) is 5.32 Å². The molecule has 2 aromatic carbocycles. The highest BCUT2D eigenvalue weighted by atomic mass is 32.1. The predicted molar refractivity (Wildman–Crippen MR) is 97.7 cm³/mol. The number of rotatable bonds is 3. The smallest absolute Gasteiger partial charge is 0.275 e. The number of hydrogen-bond donors (Lipinski definition) is 1. The van der Waals surface area contributed by atoms with Crippen LogP contribution < -0.4 is 5.32 Å². The van der Waals surface area contributed by atoms with E-state index in [1.807, 2.05) is 32.0 Å². The molecule has 5 nitrogen and oxygen atoms in total. The highest BCUT2D eigenvalue weighted by Crippen LogP contribution is 2.31. The molecule has 120 valence electrons. The molecular weight excluding hydrogens is 320 g/mol. The first kappa shape index (κ1) is 14.8. The van der Waals surface area contributed by atoms with Gasteiger partial charge in [0.2, 0.25) is 0 Å². The van der Waals surface area contributed by atoms with Crippen LogP contribution in [-0.2, 0) is 6.54 Å². The van der Waals surface area contributed by atoms with Crippen LogP contribution >= 0.6 is 11.3 Å². The summed E-state index contributed by atoms with van der Waals surface area (Å²) in [6.07, 6.45) is 0. The number of amides is 1. The summed E-state index contributed by atoms with van der Waals surface area (Å²) in [6.45, 7) is 4.50. The zero-order valence-corrected chi connectivity index (χ0v) is 14.2. The second-order valence-corrected chi connectivity index (χ2v) is 6.62. The number of benzene rings is 2. The Labute approximate surface area is 142 Å². The molecule has 0 radical (unpaired) electrons. The zero-order chi connectivity index (χ0) is 16.7. The van der Waals surface area contributed by atoms with Crippen LogP contribution in [-0.4, -0.2) is 20.7 Å². The molecule has 1 N–H and O–H groups in total. The number of anilines is 1. The van der Waals surface area contributed by atoms with Gasteiger partial charge in [-0.1, -0.05) is 41.7 Å². The lowest BCUT2D eigenvalue weighted by atomic mass is 10.1. The minimum Gasteiger partial charge on any atom is -0.296 e. The van der Waals surface area contributed by atoms with E-state index in [0.717, 1.165) is 26.7 Å². The van der Waals surface area contributed by atoms with E-state index in [9.17, 15) is 4.79 Å². The third-order valence-corrected chi connectivity index (χ3v) is 4.87. The molecule has 1 amide bonds. The third kappa shape index (κ3) is 2.45. The minimum absolute atomic E-state index is 0.180. The largest absolute Gasteiger partial charge is 0.296 e. The first-order valence-electron chi connectivity index (χ1n) is 7.80. The molecule has 4 aromatic rings. The van der Waals surface area contributed by atoms with Gasteiger partial charge in [0.15, 0.2) is 5.13 Å². The number of hydrogen-bond acceptors (Lipinski definition) is 4. The lowest BCUT2D eigenvalue weighted by molar-refractivity contribution is 0.101. The SMILES string of the molecule is CCn1nc(C)cc1C(=O)Nc1nc2c(ccc3ccccc32)s1. The lowest BCUT2D eigenvalue weighted by Gasteiger charge is -2.03. The number of aryl methyl sites for hydroxylation is 2. The summed E-state index contributed by atoms with van der Waals surface area (Å²) in [6, 6.07) is 14.1. The molecule has 0 aliphatic heterocycles. The first-order chi connectivity index (χ1) is 11.7. The van der Waals surface area contributed by atoms with E-state index in [1.165, 1.54) is 11.3 Å². The van der Waals surface area contributed by atoms with Gasteiger partial charge in [0, 0.05) is 11.9 Å². The van der Waals surface area contributed by atoms with Crippen molar-refractivity contribution in [2.45, 2.75) is 20.4 Å². The quantitative estimate of drug-likeness (QED) is 0.609. The Bertz CT molecular complexity index is 1060. The summed E-state index contributed by atoms with van der Waals surface area (Å²) in [5, 5.41) is 10.1. The third-order valence-electron chi connectivity index (χ3n) is 3.94. The van der Waals surface area contributed by atoms with Crippen LogP contribution in [0.2, 0.25) is 0 Å². The molecule has 0 unspecified atom stereocenters. The summed E-state index contributed by atoms with van der Waals surface area (Å²) in [5.41, 5.74) is 2.31. The molecule has 0 saturated heterocycles. The van der Waals surface area contributed by atoms with Gasteiger partial charge in [-0.05, 0) is 31.4 Å². The van der Waals surface area contributed by atoms with Gasteiger partial charge in [-0.2, -0.15) is 5.10 Å². The van der Waals surface area contributed by atoms with Gasteiger partial charge >= 0.3 is 0 Å². The van der Waals surface area contributed by atoms with Gasteiger partial charge in [-0.25, -0.2) is 4.98 Å². The van der Waals surface area contributed by atoms with E-state index in [4.69, 9.17) is 0 Å². The highest BCUT2D eigenvalue weighted by Gasteiger charge is 2.15. The Morgan fingerprint density at radius 1 is 1.25 bits per heavy atom. The van der Waals surface area contributed by atoms with Crippen LogP contribution in [0, 0.1) is 6.92 Å². The second-order valence-electron chi connectivity index (χ2n) is 5.59. The van der Waals surface area contributed by atoms with Crippen LogP contribution in [0.15, 0.2) is 42.5 Å². The van der Waals surface area contributed by atoms with Crippen LogP contribution in [0.1, 0.15) is 23.1 Å². The summed E-state index contributed by atoms with van der Waals surface area (Å²) in [4.78, 5) is 17.2. The normalized spacial score (nSPS) is 11.2. The molecule has 0 aliphatic rings. The molecule has 0 atom stereocenters. The van der Waals surface area contributed by atoms with Crippen molar-refractivity contribution < 1.29 is 4.79 Å². The van der Waals surface area contributed by atoms with Gasteiger partial charge in [0.05, 0.1) is 15.9 Å². The average Bonchev–Trinajstić information content (AvgIpc) is 3.17. The molecule has 2 heterocycles. The Kier molecular flexibility index (Phi) is 3.54. The molecule has 0 spiro atoms. The highest BCUT2D eigenvalue weighted by molar-refractivity contribution is 7.22. The standard InChI is InChI=1S/C18H16N4OS/c1-3-22-14(10-11(2)21-22)17(23)20-18-19-16-13-7-5-4-6-12(13)8-9-15(16)24-18/h4-10H,3H2,1-2H3,(H,19,20,23). The molecule has 0 bridgehead atoms. The van der Waals surface area contributed by atoms with E-state index in [1.54, 1.807) is 10.7 Å². The number of carbonyl (C=O) groups is 1. The van der Waals surface area contributed by atoms with Crippen molar-refractivity contribution in [3.05, 3.63) is 53.9 Å². The van der Waals surface area contributed by atoms with Crippen LogP contribution in [0.25, 0.3) is 21.0 Å². The molecule has 0 fully saturated rings. The van der Waals surface area contributed by atoms with Crippen LogP contribution in [0.5, 0.6) is 0 Å². The van der Waals surface area contributed by atoms with Crippen molar-refractivity contribution in [1.82, 2.24) is 14.8 Å². The summed E-state index contributed by atoms with van der Waals surface area (Å²) < 4.78 is 2.76. The maximum absolute atomic E-state index is 12.5. The Morgan fingerprint density at radius 2 is 2.08 bits per heavy atom. The molecule has 4 rings (SSSR count). The molecular formula is C18H16N4OS. The van der Waals surface area contributed by atoms with Gasteiger partial charge in [-0.3, -0.25) is 14.8 Å². The number of carbonyl (C=O) groups excluding carboxylic acids is 1. The molecule has 0 saturated carbocycles. The Morgan fingerprint density at radius 3 is 2.92 bits per heavy atom. The second kappa shape index (κ2) is 5.72. The molecule has 0 aliphatic carbocycles. The fourth-order valence-corrected chi connectivity index (χ4v) is 3.72. The lowest BCUT2D eigenvalue weighted by Crippen LogP contribution is -2.17. The van der Waals surface area contributed by atoms with E-state index in [2.05, 4.69) is 33.6 Å². The summed E-state index contributed by atoms with van der Waals surface area (Å²) >= 11 is 1.48. The van der Waals surface area contributed by atoms with E-state index in [0.29, 0.717) is 17.4 Å². The zero-order valence-electron chi connectivity index (χ0n) is 13.4. The van der Waals surface area contributed by atoms with Crippen molar-refractivity contribution >= 4 is 43.4 Å². The van der Waals surface area contributed by atoms with Gasteiger partial charge in [-0.15, -0.1) is 0 Å². The molecule has 6 heteroatoms. The van der Waals surface area contributed by atoms with Gasteiger partial charge in [0.1, 0.15) is 5.69 Å². The van der Waals surface area contributed by atoms with Crippen molar-refractivity contribution in [2.24, 2.45) is 0 Å². The molecule has 24 heavy (non-hydrogen) atoms. The van der Waals surface area contributed by atoms with Crippen molar-refractivity contribution in [1.29, 1.82) is 0 Å². The Hall–Kier alpha value is -2.73. The fraction of sp³-hybridized carbons (Fsp3) is 0.167. The van der Waals surface area contributed by atoms with Gasteiger partial charge < -0.3 is 0 Å². The van der Waals surface area contributed by atoms with E-state index < -0.39 is 0 Å². The maximum atomic E-state index is 12.5. The van der Waals surface area contributed by atoms with E-state index >= 15 is 0 Å². The predicted octanol–water partition coefficient (Wildman–Crippen LogP) is 4.23. The van der Waals surface area contributed by atoms with Gasteiger partial charge in [0.25, 0.3) is 5.91 Å². The number of nitrogens with one attached hydrogen (secondary N) is 1. The van der Waals surface area contributed by atoms with Crippen molar-refractivity contribution in [3.63, 3.8) is 0 Å². The Balaban J connectivity index is 1.72. The topological polar surface area (TPSA) is 59.8 Å². The van der Waals surface area contributed by atoms with Crippen LogP contribution in [0.3, 0.4) is 0 Å². The fourth-order valence-electron chi connectivity index (χ4n) is 2.85. The average molecular weight is 336 g/mol. The number of fused-ring (bicyclic) bond motifs is 3. The number of aromatic nitrogens is 3. The van der Waals surface area contributed by atoms with E-state index in [-0.39, 0.29) is 5.91 Å². The number of nitrogens with zero attached hydrogens (tertiary/aromatic N) is 3. The number of thiazole rings is 1.